The Labute approximate surface area is 138 Å². The summed E-state index contributed by atoms with van der Waals surface area (Å²) < 4.78 is 0.596. The molecule has 0 aliphatic rings. The van der Waals surface area contributed by atoms with Gasteiger partial charge in [-0.2, -0.15) is 5.26 Å². The van der Waals surface area contributed by atoms with Crippen molar-refractivity contribution < 1.29 is 0 Å². The van der Waals surface area contributed by atoms with Crippen molar-refractivity contribution >= 4 is 30.8 Å². The minimum absolute atomic E-state index is 0.596. The van der Waals surface area contributed by atoms with E-state index in [0.29, 0.717) is 9.81 Å². The number of hydrogen-bond donors (Lipinski definition) is 2. The van der Waals surface area contributed by atoms with Gasteiger partial charge in [-0.25, -0.2) is 0 Å². The number of benzene rings is 1. The highest BCUT2D eigenvalue weighted by atomic mass is 32.2. The highest BCUT2D eigenvalue weighted by Gasteiger charge is 2.08. The lowest BCUT2D eigenvalue weighted by atomic mass is 9.93. The van der Waals surface area contributed by atoms with E-state index in [0.717, 1.165) is 24.0 Å². The molecule has 1 aromatic carbocycles. The van der Waals surface area contributed by atoms with Crippen LogP contribution in [0.1, 0.15) is 38.3 Å². The summed E-state index contributed by atoms with van der Waals surface area (Å²) in [6, 6.07) is 10.4. The zero-order valence-corrected chi connectivity index (χ0v) is 14.5. The molecule has 110 valence electrons. The summed E-state index contributed by atoms with van der Waals surface area (Å²) in [5, 5.41) is 9.22. The van der Waals surface area contributed by atoms with Gasteiger partial charge < -0.3 is 0 Å². The Morgan fingerprint density at radius 2 is 1.86 bits per heavy atom. The number of nitriles is 1. The number of thiol groups is 2. The van der Waals surface area contributed by atoms with Crippen LogP contribution in [0.4, 0.5) is 0 Å². The normalized spacial score (nSPS) is 11.2. The number of aryl methyl sites for hydroxylation is 1. The monoisotopic (exact) mass is 315 g/mol. The lowest BCUT2D eigenvalue weighted by molar-refractivity contribution is 0.984. The molecule has 1 nitrogen and oxygen atoms in total. The van der Waals surface area contributed by atoms with E-state index in [2.05, 4.69) is 63.4 Å². The number of nitrogens with zero attached hydrogens (tertiary/aromatic N) is 1. The first kappa shape index (κ1) is 17.7. The summed E-state index contributed by atoms with van der Waals surface area (Å²) in [7, 11) is 0. The molecule has 0 N–H and O–H groups in total. The molecule has 0 unspecified atom stereocenters. The van der Waals surface area contributed by atoms with Crippen LogP contribution in [0.2, 0.25) is 0 Å². The van der Waals surface area contributed by atoms with Gasteiger partial charge in [-0.3, -0.25) is 0 Å². The number of hydrogen-bond acceptors (Lipinski definition) is 3. The van der Waals surface area contributed by atoms with Crippen molar-refractivity contribution in [1.29, 1.82) is 5.26 Å². The second kappa shape index (κ2) is 8.81. The van der Waals surface area contributed by atoms with Gasteiger partial charge in [0.05, 0.1) is 6.07 Å². The Balaban J connectivity index is 3.25. The Hall–Kier alpha value is -1.37. The van der Waals surface area contributed by atoms with Crippen molar-refractivity contribution in [3.05, 3.63) is 62.9 Å². The molecule has 0 fully saturated rings. The maximum Gasteiger partial charge on any atom is 0.0950 e. The van der Waals surface area contributed by atoms with Crippen molar-refractivity contribution in [3.63, 3.8) is 0 Å². The predicted octanol–water partition coefficient (Wildman–Crippen LogP) is 5.58. The average Bonchev–Trinajstić information content (AvgIpc) is 2.44. The Kier molecular flexibility index (Phi) is 7.42. The van der Waals surface area contributed by atoms with Crippen molar-refractivity contribution in [2.75, 3.05) is 0 Å². The quantitative estimate of drug-likeness (QED) is 0.315. The molecule has 0 amide bonds. The predicted molar refractivity (Wildman–Crippen MR) is 98.5 cm³/mol. The fourth-order valence-corrected chi connectivity index (χ4v) is 2.35. The number of allylic oxidation sites excluding steroid dienone is 5. The van der Waals surface area contributed by atoms with Crippen LogP contribution in [0.25, 0.3) is 5.57 Å². The standard InChI is InChI=1S/C18H21NS2/c1-13(2)7-6-9-15-8-4-5-10-16(15)17(11-18(20)21)14(3)12-19/h4-5,7-8,10-11,20-21H,6,9H2,1-3H3/b17-14+. The van der Waals surface area contributed by atoms with Crippen LogP contribution < -0.4 is 0 Å². The third-order valence-corrected chi connectivity index (χ3v) is 3.38. The molecule has 1 aromatic rings. The molecule has 0 aliphatic carbocycles. The first-order valence-corrected chi connectivity index (χ1v) is 7.77. The van der Waals surface area contributed by atoms with Crippen molar-refractivity contribution in [2.45, 2.75) is 33.6 Å². The summed E-state index contributed by atoms with van der Waals surface area (Å²) in [6.45, 7) is 6.03. The molecule has 0 aliphatic heterocycles. The smallest absolute Gasteiger partial charge is 0.0950 e. The van der Waals surface area contributed by atoms with Gasteiger partial charge >= 0.3 is 0 Å². The summed E-state index contributed by atoms with van der Waals surface area (Å²) >= 11 is 8.45. The SMILES string of the molecule is CC(C)=CCCc1ccccc1/C(C=C(S)S)=C(\C)C#N. The van der Waals surface area contributed by atoms with Crippen LogP contribution >= 0.6 is 25.3 Å². The van der Waals surface area contributed by atoms with Crippen LogP contribution in [0.5, 0.6) is 0 Å². The van der Waals surface area contributed by atoms with Gasteiger partial charge in [0.25, 0.3) is 0 Å². The fourth-order valence-electron chi connectivity index (χ4n) is 2.09. The van der Waals surface area contributed by atoms with Crippen LogP contribution in [0.3, 0.4) is 0 Å². The first-order chi connectivity index (χ1) is 9.95. The van der Waals surface area contributed by atoms with Gasteiger partial charge in [0.2, 0.25) is 0 Å². The third kappa shape index (κ3) is 5.87. The Morgan fingerprint density at radius 1 is 1.19 bits per heavy atom. The molecule has 0 radical (unpaired) electrons. The van der Waals surface area contributed by atoms with E-state index >= 15 is 0 Å². The second-order valence-corrected chi connectivity index (χ2v) is 6.45. The average molecular weight is 316 g/mol. The Morgan fingerprint density at radius 3 is 2.43 bits per heavy atom. The van der Waals surface area contributed by atoms with E-state index in [1.54, 1.807) is 0 Å². The maximum atomic E-state index is 9.22. The van der Waals surface area contributed by atoms with Gasteiger partial charge in [0.1, 0.15) is 0 Å². The third-order valence-electron chi connectivity index (χ3n) is 3.12. The van der Waals surface area contributed by atoms with Crippen LogP contribution in [-0.2, 0) is 6.42 Å². The lowest BCUT2D eigenvalue weighted by Crippen LogP contribution is -1.94. The van der Waals surface area contributed by atoms with Gasteiger partial charge in [-0.15, -0.1) is 25.3 Å². The fraction of sp³-hybridized carbons (Fsp3) is 0.278. The molecule has 0 heterocycles. The van der Waals surface area contributed by atoms with E-state index in [9.17, 15) is 5.26 Å². The summed E-state index contributed by atoms with van der Waals surface area (Å²) in [6.07, 6.45) is 6.02. The first-order valence-electron chi connectivity index (χ1n) is 6.88. The van der Waals surface area contributed by atoms with E-state index in [4.69, 9.17) is 0 Å². The molecule has 1 rings (SSSR count). The zero-order chi connectivity index (χ0) is 15.8. The summed E-state index contributed by atoms with van der Waals surface area (Å²) in [4.78, 5) is 0. The molecule has 3 heteroatoms. The molecule has 21 heavy (non-hydrogen) atoms. The topological polar surface area (TPSA) is 23.8 Å². The summed E-state index contributed by atoms with van der Waals surface area (Å²) in [5.41, 5.74) is 5.21. The molecule has 0 atom stereocenters. The molecular weight excluding hydrogens is 294 g/mol. The minimum atomic E-state index is 0.596. The van der Waals surface area contributed by atoms with E-state index in [1.807, 2.05) is 25.1 Å². The minimum Gasteiger partial charge on any atom is -0.193 e. The van der Waals surface area contributed by atoms with Gasteiger partial charge in [0.15, 0.2) is 0 Å². The van der Waals surface area contributed by atoms with E-state index in [-0.39, 0.29) is 0 Å². The van der Waals surface area contributed by atoms with E-state index < -0.39 is 0 Å². The highest BCUT2D eigenvalue weighted by molar-refractivity contribution is 8.05. The lowest BCUT2D eigenvalue weighted by Gasteiger charge is -2.11. The summed E-state index contributed by atoms with van der Waals surface area (Å²) in [5.74, 6) is 0. The molecule has 0 bridgehead atoms. The van der Waals surface area contributed by atoms with Crippen LogP contribution in [-0.4, -0.2) is 0 Å². The highest BCUT2D eigenvalue weighted by Crippen LogP contribution is 2.27. The van der Waals surface area contributed by atoms with Gasteiger partial charge in [-0.1, -0.05) is 35.9 Å². The van der Waals surface area contributed by atoms with Gasteiger partial charge in [0, 0.05) is 9.81 Å². The molecule has 0 spiro atoms. The van der Waals surface area contributed by atoms with Crippen molar-refractivity contribution in [1.82, 2.24) is 0 Å². The van der Waals surface area contributed by atoms with Crippen molar-refractivity contribution in [2.24, 2.45) is 0 Å². The Bertz CT molecular complexity index is 623. The maximum absolute atomic E-state index is 9.22. The molecule has 0 saturated heterocycles. The second-order valence-electron chi connectivity index (χ2n) is 5.13. The van der Waals surface area contributed by atoms with E-state index in [1.165, 1.54) is 11.1 Å². The molecule has 0 saturated carbocycles. The largest absolute Gasteiger partial charge is 0.193 e. The van der Waals surface area contributed by atoms with Crippen LogP contribution in [0.15, 0.2) is 51.8 Å². The van der Waals surface area contributed by atoms with Gasteiger partial charge in [-0.05, 0) is 56.4 Å². The number of rotatable bonds is 5. The molecule has 0 aromatic heterocycles. The van der Waals surface area contributed by atoms with Crippen molar-refractivity contribution in [3.8, 4) is 6.07 Å². The molecular formula is C18H21NS2. The zero-order valence-electron chi connectivity index (χ0n) is 12.7. The van der Waals surface area contributed by atoms with Crippen LogP contribution in [0, 0.1) is 11.3 Å².